The Hall–Kier alpha value is -3.69. The van der Waals surface area contributed by atoms with Crippen molar-refractivity contribution in [2.45, 2.75) is 18.9 Å². The third-order valence-corrected chi connectivity index (χ3v) is 10.2. The van der Waals surface area contributed by atoms with Crippen LogP contribution in [0.4, 0.5) is 0 Å². The number of hydrogen-bond acceptors (Lipinski definition) is 1. The molecule has 0 saturated heterocycles. The van der Waals surface area contributed by atoms with Crippen LogP contribution in [0.15, 0.2) is 97.1 Å². The summed E-state index contributed by atoms with van der Waals surface area (Å²) in [7, 11) is -0.814. The summed E-state index contributed by atoms with van der Waals surface area (Å²) in [6.45, 7) is 4.46. The fourth-order valence-corrected chi connectivity index (χ4v) is 9.03. The molecular weight excluding hydrogens is 416 g/mol. The molecule has 0 saturated carbocycles. The van der Waals surface area contributed by atoms with Crippen LogP contribution >= 0.6 is 0 Å². The molecule has 0 spiro atoms. The molecule has 158 valence electrons. The summed E-state index contributed by atoms with van der Waals surface area (Å²) in [5, 5.41) is 5.29. The van der Waals surface area contributed by atoms with E-state index in [0.29, 0.717) is 0 Å². The number of aromatic nitrogens is 2. The average molecular weight is 441 g/mol. The van der Waals surface area contributed by atoms with Gasteiger partial charge in [-0.15, -0.1) is 0 Å². The van der Waals surface area contributed by atoms with E-state index >= 15 is 0 Å². The zero-order valence-electron chi connectivity index (χ0n) is 18.8. The van der Waals surface area contributed by atoms with Gasteiger partial charge in [-0.1, -0.05) is 97.1 Å². The van der Waals surface area contributed by atoms with Crippen LogP contribution in [0.25, 0.3) is 27.3 Å². The zero-order chi connectivity index (χ0) is 22.2. The lowest BCUT2D eigenvalue weighted by atomic mass is 9.85. The van der Waals surface area contributed by atoms with Crippen LogP contribution in [0.2, 0.25) is 0 Å². The molecule has 1 aliphatic rings. The topological polar surface area (TPSA) is 17.3 Å². The molecular formula is C30H24N2Si. The molecule has 2 aromatic heterocycles. The smallest absolute Gasteiger partial charge is 0.145 e. The molecule has 3 heteroatoms. The van der Waals surface area contributed by atoms with Gasteiger partial charge in [0.05, 0.1) is 31.5 Å². The second-order valence-electron chi connectivity index (χ2n) is 9.33. The van der Waals surface area contributed by atoms with Gasteiger partial charge in [-0.25, -0.2) is 4.98 Å². The highest BCUT2D eigenvalue weighted by Gasteiger charge is 2.44. The summed E-state index contributed by atoms with van der Waals surface area (Å²) in [6.07, 6.45) is 0. The predicted molar refractivity (Wildman–Crippen MR) is 141 cm³/mol. The van der Waals surface area contributed by atoms with E-state index in [1.807, 2.05) is 0 Å². The van der Waals surface area contributed by atoms with Crippen molar-refractivity contribution in [2.24, 2.45) is 0 Å². The fraction of sp³-hybridized carbons (Fsp3) is 0.100. The molecule has 0 bridgehead atoms. The van der Waals surface area contributed by atoms with Crippen molar-refractivity contribution in [3.8, 4) is 0 Å². The monoisotopic (exact) mass is 440 g/mol. The van der Waals surface area contributed by atoms with Crippen LogP contribution in [0, 0.1) is 13.8 Å². The van der Waals surface area contributed by atoms with E-state index in [1.165, 1.54) is 49.2 Å². The molecule has 4 aromatic carbocycles. The molecule has 1 aliphatic heterocycles. The first-order valence-electron chi connectivity index (χ1n) is 11.6. The van der Waals surface area contributed by atoms with Gasteiger partial charge in [0.1, 0.15) is 5.65 Å². The van der Waals surface area contributed by atoms with Gasteiger partial charge in [0.25, 0.3) is 0 Å². The van der Waals surface area contributed by atoms with E-state index in [9.17, 15) is 0 Å². The second kappa shape index (κ2) is 6.66. The van der Waals surface area contributed by atoms with Gasteiger partial charge in [-0.05, 0) is 41.1 Å². The maximum Gasteiger partial charge on any atom is 0.145 e. The van der Waals surface area contributed by atoms with Gasteiger partial charge in [0, 0.05) is 10.8 Å². The number of benzene rings is 4. The lowest BCUT2D eigenvalue weighted by Crippen LogP contribution is -2.47. The number of fused-ring (bicyclic) bond motifs is 3. The summed E-state index contributed by atoms with van der Waals surface area (Å²) in [4.78, 5) is 5.26. The summed E-state index contributed by atoms with van der Waals surface area (Å²) >= 11 is 0. The minimum Gasteiger partial charge on any atom is -0.295 e. The first-order chi connectivity index (χ1) is 16.2. The molecule has 33 heavy (non-hydrogen) atoms. The van der Waals surface area contributed by atoms with E-state index in [1.54, 1.807) is 0 Å². The molecule has 0 fully saturated rings. The lowest BCUT2D eigenvalue weighted by Gasteiger charge is -2.39. The largest absolute Gasteiger partial charge is 0.295 e. The van der Waals surface area contributed by atoms with Gasteiger partial charge in [-0.2, -0.15) is 0 Å². The molecule has 0 aliphatic carbocycles. The van der Waals surface area contributed by atoms with E-state index in [-0.39, 0.29) is 5.04 Å². The fourth-order valence-electron chi connectivity index (χ4n) is 6.26. The number of aryl methyl sites for hydroxylation is 2. The molecule has 3 heterocycles. The van der Waals surface area contributed by atoms with Crippen molar-refractivity contribution >= 4 is 42.0 Å². The van der Waals surface area contributed by atoms with Gasteiger partial charge in [0.2, 0.25) is 0 Å². The van der Waals surface area contributed by atoms with E-state index < -0.39 is 9.52 Å². The molecule has 0 N–H and O–H groups in total. The molecule has 2 nitrogen and oxygen atoms in total. The Balaban J connectivity index is 1.77. The summed E-state index contributed by atoms with van der Waals surface area (Å²) in [6, 6.07) is 35.8. The van der Waals surface area contributed by atoms with Gasteiger partial charge >= 0.3 is 0 Å². The van der Waals surface area contributed by atoms with Crippen molar-refractivity contribution in [3.05, 3.63) is 125 Å². The highest BCUT2D eigenvalue weighted by atomic mass is 28.2. The van der Waals surface area contributed by atoms with Gasteiger partial charge < -0.3 is 0 Å². The maximum absolute atomic E-state index is 5.26. The van der Waals surface area contributed by atoms with E-state index in [0.717, 1.165) is 11.3 Å². The number of pyridine rings is 1. The Labute approximate surface area is 195 Å². The van der Waals surface area contributed by atoms with Crippen LogP contribution in [0.3, 0.4) is 0 Å². The van der Waals surface area contributed by atoms with Crippen LogP contribution in [-0.4, -0.2) is 18.9 Å². The minimum absolute atomic E-state index is 0.163. The number of imidazole rings is 1. The Morgan fingerprint density at radius 3 is 1.97 bits per heavy atom. The Morgan fingerprint density at radius 2 is 1.30 bits per heavy atom. The van der Waals surface area contributed by atoms with Crippen molar-refractivity contribution < 1.29 is 0 Å². The second-order valence-corrected chi connectivity index (χ2v) is 11.5. The normalized spacial score (nSPS) is 15.2. The highest BCUT2D eigenvalue weighted by Crippen LogP contribution is 2.45. The first-order valence-corrected chi connectivity index (χ1v) is 13.0. The van der Waals surface area contributed by atoms with Gasteiger partial charge in [0.15, 0.2) is 0 Å². The van der Waals surface area contributed by atoms with Crippen molar-refractivity contribution in [2.75, 3.05) is 0 Å². The average Bonchev–Trinajstić information content (AvgIpc) is 3.23. The Morgan fingerprint density at radius 1 is 0.697 bits per heavy atom. The molecule has 0 radical (unpaired) electrons. The number of hydrogen-bond donors (Lipinski definition) is 0. The SMILES string of the molecule is Cc1nc2c3ccccc3c3c(C)ccc4c3n2c1C(c1ccccc1)(c1ccccc1)[SiH2]4. The summed E-state index contributed by atoms with van der Waals surface area (Å²) < 4.78 is 2.52. The maximum atomic E-state index is 5.26. The Bertz CT molecular complexity index is 1660. The quantitative estimate of drug-likeness (QED) is 0.262. The van der Waals surface area contributed by atoms with Crippen molar-refractivity contribution in [1.82, 2.24) is 9.38 Å². The van der Waals surface area contributed by atoms with Crippen LogP contribution in [0.5, 0.6) is 0 Å². The minimum atomic E-state index is -0.814. The van der Waals surface area contributed by atoms with Gasteiger partial charge in [-0.3, -0.25) is 4.40 Å². The zero-order valence-corrected chi connectivity index (χ0v) is 20.3. The first kappa shape index (κ1) is 18.8. The summed E-state index contributed by atoms with van der Waals surface area (Å²) in [5.41, 5.74) is 9.05. The highest BCUT2D eigenvalue weighted by molar-refractivity contribution is 6.63. The van der Waals surface area contributed by atoms with E-state index in [4.69, 9.17) is 4.98 Å². The summed E-state index contributed by atoms with van der Waals surface area (Å²) in [5.74, 6) is 0. The van der Waals surface area contributed by atoms with E-state index in [2.05, 4.69) is 115 Å². The molecule has 0 amide bonds. The molecule has 0 atom stereocenters. The number of rotatable bonds is 2. The van der Waals surface area contributed by atoms with Crippen molar-refractivity contribution in [3.63, 3.8) is 0 Å². The molecule has 0 unspecified atom stereocenters. The predicted octanol–water partition coefficient (Wildman–Crippen LogP) is 5.36. The standard InChI is InChI=1S/C30H24N2Si/c1-19-17-18-25-27-26(19)23-15-9-10-16-24(23)29-31-20(2)28(32(27)29)30(33-25,21-11-5-3-6-12-21)22-13-7-4-8-14-22/h3-18H,33H2,1-2H3. The van der Waals surface area contributed by atoms with Crippen molar-refractivity contribution in [1.29, 1.82) is 0 Å². The lowest BCUT2D eigenvalue weighted by molar-refractivity contribution is 0.802. The third-order valence-electron chi connectivity index (χ3n) is 7.58. The van der Waals surface area contributed by atoms with Crippen LogP contribution in [0.1, 0.15) is 28.1 Å². The Kier molecular flexibility index (Phi) is 3.80. The number of nitrogens with zero attached hydrogens (tertiary/aromatic N) is 2. The van der Waals surface area contributed by atoms with Crippen LogP contribution < -0.4 is 5.19 Å². The molecule has 6 aromatic rings. The van der Waals surface area contributed by atoms with Crippen LogP contribution in [-0.2, 0) is 5.04 Å². The molecule has 7 rings (SSSR count). The third kappa shape index (κ3) is 2.35.